The van der Waals surface area contributed by atoms with Crippen LogP contribution in [0, 0.1) is 63.6 Å². The van der Waals surface area contributed by atoms with E-state index in [1.54, 1.807) is 0 Å². The first-order valence-electron chi connectivity index (χ1n) is 14.1. The summed E-state index contributed by atoms with van der Waals surface area (Å²) in [6.07, 6.45) is 9.53. The first kappa shape index (κ1) is 23.6. The smallest absolute Gasteiger partial charge is 0.0832 e. The van der Waals surface area contributed by atoms with Crippen molar-refractivity contribution < 1.29 is 15.3 Å². The van der Waals surface area contributed by atoms with Gasteiger partial charge in [0.25, 0.3) is 0 Å². The highest BCUT2D eigenvalue weighted by Gasteiger charge is 2.77. The monoisotopic (exact) mass is 446 g/mol. The fourth-order valence-corrected chi connectivity index (χ4v) is 11.1. The molecule has 5 aliphatic rings. The Morgan fingerprint density at radius 1 is 0.906 bits per heavy atom. The lowest BCUT2D eigenvalue weighted by Gasteiger charge is -2.60. The summed E-state index contributed by atoms with van der Waals surface area (Å²) in [5.41, 5.74) is 0.856. The Balaban J connectivity index is 1.36. The lowest BCUT2D eigenvalue weighted by atomic mass is 9.45. The number of rotatable bonds is 6. The van der Waals surface area contributed by atoms with Crippen LogP contribution in [0.1, 0.15) is 99.3 Å². The SMILES string of the molecule is CC[C@@H](C(C)C)[C@@H](O)[C@H](O)[C@@H](C)[C@H]1CC[C@H]2[C@@H]3C[C@@H](O)[C@]45C[C@@H]4CC[C@]5(C)[C@H]3CC[C@]12C. The number of hydrogen-bond donors (Lipinski definition) is 3. The molecule has 3 N–H and O–H groups in total. The number of aliphatic hydroxyl groups excluding tert-OH is 3. The van der Waals surface area contributed by atoms with E-state index in [0.29, 0.717) is 29.1 Å². The molecule has 3 nitrogen and oxygen atoms in total. The van der Waals surface area contributed by atoms with E-state index in [9.17, 15) is 15.3 Å². The van der Waals surface area contributed by atoms with E-state index in [0.717, 1.165) is 24.7 Å². The maximum absolute atomic E-state index is 11.4. The molecule has 0 radical (unpaired) electrons. The molecule has 5 rings (SSSR count). The highest BCUT2D eigenvalue weighted by molar-refractivity contribution is 5.25. The maximum Gasteiger partial charge on any atom is 0.0832 e. The summed E-state index contributed by atoms with van der Waals surface area (Å²) in [5, 5.41) is 33.7. The van der Waals surface area contributed by atoms with Gasteiger partial charge in [-0.25, -0.2) is 0 Å². The van der Waals surface area contributed by atoms with Gasteiger partial charge in [0, 0.05) is 5.41 Å². The molecule has 5 aliphatic carbocycles. The van der Waals surface area contributed by atoms with Crippen molar-refractivity contribution in [2.24, 2.45) is 63.6 Å². The largest absolute Gasteiger partial charge is 0.393 e. The minimum Gasteiger partial charge on any atom is -0.393 e. The molecule has 0 aromatic rings. The van der Waals surface area contributed by atoms with Crippen LogP contribution in [0.2, 0.25) is 0 Å². The molecule has 5 saturated carbocycles. The second-order valence-electron chi connectivity index (χ2n) is 13.9. The standard InChI is InChI=1S/C29H50O3/c1-7-19(16(2)3)26(32)25(31)17(4)21-8-9-22-20-14-24(30)29-15-18(29)10-13-28(29,6)23(20)11-12-27(21,22)5/h16-26,30-32H,7-15H2,1-6H3/t17-,18-,19-,20-,21+,22-,23-,24+,25+,26+,27+,28+,29-/m0/s1. The van der Waals surface area contributed by atoms with Crippen LogP contribution in [0.3, 0.4) is 0 Å². The van der Waals surface area contributed by atoms with Crippen molar-refractivity contribution in [3.8, 4) is 0 Å². The van der Waals surface area contributed by atoms with Crippen molar-refractivity contribution >= 4 is 0 Å². The second-order valence-corrected chi connectivity index (χ2v) is 13.9. The van der Waals surface area contributed by atoms with Gasteiger partial charge in [-0.15, -0.1) is 0 Å². The highest BCUT2D eigenvalue weighted by atomic mass is 16.3. The highest BCUT2D eigenvalue weighted by Crippen LogP contribution is 2.81. The van der Waals surface area contributed by atoms with Crippen LogP contribution in [0.5, 0.6) is 0 Å². The summed E-state index contributed by atoms with van der Waals surface area (Å²) < 4.78 is 0. The fraction of sp³-hybridized carbons (Fsp3) is 1.00. The lowest BCUT2D eigenvalue weighted by Crippen LogP contribution is -2.57. The van der Waals surface area contributed by atoms with Crippen molar-refractivity contribution in [1.29, 1.82) is 0 Å². The first-order chi connectivity index (χ1) is 15.0. The fourth-order valence-electron chi connectivity index (χ4n) is 11.1. The van der Waals surface area contributed by atoms with E-state index in [1.807, 2.05) is 0 Å². The summed E-state index contributed by atoms with van der Waals surface area (Å²) in [6.45, 7) is 13.7. The van der Waals surface area contributed by atoms with E-state index >= 15 is 0 Å². The average molecular weight is 447 g/mol. The van der Waals surface area contributed by atoms with Crippen LogP contribution in [-0.2, 0) is 0 Å². The van der Waals surface area contributed by atoms with Crippen molar-refractivity contribution in [1.82, 2.24) is 0 Å². The quantitative estimate of drug-likeness (QED) is 0.494. The predicted octanol–water partition coefficient (Wildman–Crippen LogP) is 5.66. The predicted molar refractivity (Wildman–Crippen MR) is 129 cm³/mol. The normalized spacial score (nSPS) is 53.1. The topological polar surface area (TPSA) is 60.7 Å². The zero-order valence-corrected chi connectivity index (χ0v) is 21.6. The molecule has 1 spiro atoms. The maximum atomic E-state index is 11.4. The number of fused-ring (bicyclic) bond motifs is 4. The van der Waals surface area contributed by atoms with E-state index in [2.05, 4.69) is 41.5 Å². The third-order valence-corrected chi connectivity index (χ3v) is 12.9. The third kappa shape index (κ3) is 2.89. The van der Waals surface area contributed by atoms with Crippen molar-refractivity contribution in [3.63, 3.8) is 0 Å². The van der Waals surface area contributed by atoms with Crippen LogP contribution in [-0.4, -0.2) is 33.6 Å². The van der Waals surface area contributed by atoms with Gasteiger partial charge < -0.3 is 15.3 Å². The molecule has 0 heterocycles. The van der Waals surface area contributed by atoms with Gasteiger partial charge in [0.2, 0.25) is 0 Å². The van der Waals surface area contributed by atoms with Crippen LogP contribution in [0.4, 0.5) is 0 Å². The van der Waals surface area contributed by atoms with Crippen molar-refractivity contribution in [2.75, 3.05) is 0 Å². The Labute approximate surface area is 196 Å². The molecular weight excluding hydrogens is 396 g/mol. The lowest BCUT2D eigenvalue weighted by molar-refractivity contribution is -0.157. The zero-order valence-electron chi connectivity index (χ0n) is 21.6. The van der Waals surface area contributed by atoms with Gasteiger partial charge in [0.1, 0.15) is 0 Å². The molecule has 0 unspecified atom stereocenters. The van der Waals surface area contributed by atoms with E-state index in [1.165, 1.54) is 44.9 Å². The summed E-state index contributed by atoms with van der Waals surface area (Å²) >= 11 is 0. The van der Waals surface area contributed by atoms with Gasteiger partial charge in [0.15, 0.2) is 0 Å². The Hall–Kier alpha value is -0.120. The van der Waals surface area contributed by atoms with E-state index < -0.39 is 12.2 Å². The van der Waals surface area contributed by atoms with Gasteiger partial charge in [-0.05, 0) is 110 Å². The summed E-state index contributed by atoms with van der Waals surface area (Å²) in [4.78, 5) is 0. The molecule has 0 bridgehead atoms. The van der Waals surface area contributed by atoms with E-state index in [-0.39, 0.29) is 28.8 Å². The van der Waals surface area contributed by atoms with Crippen molar-refractivity contribution in [3.05, 3.63) is 0 Å². The molecule has 32 heavy (non-hydrogen) atoms. The minimum atomic E-state index is -0.638. The van der Waals surface area contributed by atoms with Crippen LogP contribution in [0.25, 0.3) is 0 Å². The number of aliphatic hydroxyl groups is 3. The molecule has 0 amide bonds. The Morgan fingerprint density at radius 3 is 2.25 bits per heavy atom. The molecule has 0 aromatic heterocycles. The van der Waals surface area contributed by atoms with Crippen LogP contribution in [0.15, 0.2) is 0 Å². The zero-order chi connectivity index (χ0) is 23.2. The summed E-state index contributed by atoms with van der Waals surface area (Å²) in [6, 6.07) is 0. The second kappa shape index (κ2) is 7.69. The summed E-state index contributed by atoms with van der Waals surface area (Å²) in [5.74, 6) is 4.05. The average Bonchev–Trinajstić information content (AvgIpc) is 3.27. The minimum absolute atomic E-state index is 0.0937. The molecule has 0 aliphatic heterocycles. The van der Waals surface area contributed by atoms with Crippen LogP contribution < -0.4 is 0 Å². The molecule has 3 heteroatoms. The first-order valence-corrected chi connectivity index (χ1v) is 14.1. The third-order valence-electron chi connectivity index (χ3n) is 12.9. The van der Waals surface area contributed by atoms with Gasteiger partial charge in [-0.1, -0.05) is 48.0 Å². The van der Waals surface area contributed by atoms with Crippen LogP contribution >= 0.6 is 0 Å². The Morgan fingerprint density at radius 2 is 1.62 bits per heavy atom. The molecule has 0 aromatic carbocycles. The van der Waals surface area contributed by atoms with Crippen molar-refractivity contribution in [2.45, 2.75) is 118 Å². The number of hydrogen-bond acceptors (Lipinski definition) is 3. The molecule has 13 atom stereocenters. The van der Waals surface area contributed by atoms with Gasteiger partial charge >= 0.3 is 0 Å². The van der Waals surface area contributed by atoms with E-state index in [4.69, 9.17) is 0 Å². The summed E-state index contributed by atoms with van der Waals surface area (Å²) in [7, 11) is 0. The Bertz CT molecular complexity index is 721. The van der Waals surface area contributed by atoms with Gasteiger partial charge in [0.05, 0.1) is 18.3 Å². The molecule has 5 fully saturated rings. The molecule has 184 valence electrons. The Kier molecular flexibility index (Phi) is 5.67. The molecule has 0 saturated heterocycles. The van der Waals surface area contributed by atoms with Gasteiger partial charge in [-0.3, -0.25) is 0 Å². The molecular formula is C29H50O3. The van der Waals surface area contributed by atoms with Gasteiger partial charge in [-0.2, -0.15) is 0 Å².